The number of rotatable bonds is 5. The summed E-state index contributed by atoms with van der Waals surface area (Å²) in [6.45, 7) is -0.0998. The summed E-state index contributed by atoms with van der Waals surface area (Å²) < 4.78 is 0. The van der Waals surface area contributed by atoms with E-state index in [1.54, 1.807) is 4.90 Å². The van der Waals surface area contributed by atoms with Gasteiger partial charge in [-0.3, -0.25) is 9.59 Å². The molecule has 2 atom stereocenters. The van der Waals surface area contributed by atoms with Crippen molar-refractivity contribution in [2.45, 2.75) is 38.1 Å². The highest BCUT2D eigenvalue weighted by Crippen LogP contribution is 2.55. The van der Waals surface area contributed by atoms with Crippen molar-refractivity contribution in [3.8, 4) is 0 Å². The predicted octanol–water partition coefficient (Wildman–Crippen LogP) is 1.11. The maximum Gasteiger partial charge on any atom is 0.323 e. The number of carboxylic acid groups (broad SMARTS) is 1. The average molecular weight is 223 g/mol. The van der Waals surface area contributed by atoms with Gasteiger partial charge in [0.2, 0.25) is 5.91 Å². The van der Waals surface area contributed by atoms with E-state index in [0.29, 0.717) is 5.92 Å². The van der Waals surface area contributed by atoms with Crippen LogP contribution in [0.5, 0.6) is 0 Å². The second-order valence-electron chi connectivity index (χ2n) is 5.43. The summed E-state index contributed by atoms with van der Waals surface area (Å²) >= 11 is 0. The molecule has 4 nitrogen and oxygen atoms in total. The zero-order valence-corrected chi connectivity index (χ0v) is 9.26. The fourth-order valence-corrected chi connectivity index (χ4v) is 2.68. The molecule has 0 aliphatic heterocycles. The molecule has 3 saturated carbocycles. The van der Waals surface area contributed by atoms with Crippen molar-refractivity contribution < 1.29 is 14.7 Å². The van der Waals surface area contributed by atoms with Gasteiger partial charge in [0.1, 0.15) is 6.54 Å². The van der Waals surface area contributed by atoms with Crippen LogP contribution < -0.4 is 0 Å². The van der Waals surface area contributed by atoms with Gasteiger partial charge >= 0.3 is 5.97 Å². The third-order valence-electron chi connectivity index (χ3n) is 3.96. The monoisotopic (exact) mass is 223 g/mol. The highest BCUT2D eigenvalue weighted by atomic mass is 16.4. The number of hydrogen-bond acceptors (Lipinski definition) is 2. The Bertz CT molecular complexity index is 333. The molecule has 88 valence electrons. The maximum atomic E-state index is 12.1. The first-order valence-electron chi connectivity index (χ1n) is 6.19. The van der Waals surface area contributed by atoms with Crippen molar-refractivity contribution >= 4 is 11.9 Å². The molecule has 1 amide bonds. The SMILES string of the molecule is O=C(O)CN(C(=O)[C@@H]1C[C@H]1C1CC1)C1CC1. The second-order valence-corrected chi connectivity index (χ2v) is 5.43. The minimum Gasteiger partial charge on any atom is -0.480 e. The standard InChI is InChI=1S/C12H17NO3/c14-11(15)6-13(8-3-4-8)12(16)10-5-9(10)7-1-2-7/h7-10H,1-6H2,(H,14,15)/t9-,10+/m0/s1. The van der Waals surface area contributed by atoms with Gasteiger partial charge in [0.25, 0.3) is 0 Å². The van der Waals surface area contributed by atoms with Crippen molar-refractivity contribution in [1.82, 2.24) is 4.90 Å². The zero-order valence-electron chi connectivity index (χ0n) is 9.26. The number of hydrogen-bond donors (Lipinski definition) is 1. The molecular weight excluding hydrogens is 206 g/mol. The smallest absolute Gasteiger partial charge is 0.323 e. The Balaban J connectivity index is 1.60. The van der Waals surface area contributed by atoms with Crippen LogP contribution >= 0.6 is 0 Å². The van der Waals surface area contributed by atoms with Gasteiger partial charge in [0, 0.05) is 12.0 Å². The second kappa shape index (κ2) is 3.47. The number of carboxylic acids is 1. The first kappa shape index (κ1) is 10.1. The molecule has 4 heteroatoms. The van der Waals surface area contributed by atoms with E-state index >= 15 is 0 Å². The van der Waals surface area contributed by atoms with Crippen LogP contribution in [0.3, 0.4) is 0 Å². The topological polar surface area (TPSA) is 57.6 Å². The summed E-state index contributed by atoms with van der Waals surface area (Å²) in [6, 6.07) is 0.226. The van der Waals surface area contributed by atoms with E-state index in [0.717, 1.165) is 25.2 Å². The summed E-state index contributed by atoms with van der Waals surface area (Å²) in [5.74, 6) is 0.750. The van der Waals surface area contributed by atoms with E-state index < -0.39 is 5.97 Å². The molecule has 0 radical (unpaired) electrons. The van der Waals surface area contributed by atoms with E-state index in [2.05, 4.69) is 0 Å². The van der Waals surface area contributed by atoms with Crippen molar-refractivity contribution in [1.29, 1.82) is 0 Å². The van der Waals surface area contributed by atoms with E-state index in [-0.39, 0.29) is 24.4 Å². The normalized spacial score (nSPS) is 32.2. The Morgan fingerprint density at radius 3 is 2.38 bits per heavy atom. The summed E-state index contributed by atoms with van der Waals surface area (Å²) in [6.07, 6.45) is 5.53. The average Bonchev–Trinajstić information content (AvgIpc) is 3.13. The van der Waals surface area contributed by atoms with Crippen molar-refractivity contribution in [3.05, 3.63) is 0 Å². The minimum atomic E-state index is -0.885. The van der Waals surface area contributed by atoms with Crippen molar-refractivity contribution in [2.24, 2.45) is 17.8 Å². The van der Waals surface area contributed by atoms with Crippen molar-refractivity contribution in [3.63, 3.8) is 0 Å². The predicted molar refractivity (Wildman–Crippen MR) is 56.7 cm³/mol. The van der Waals surface area contributed by atoms with Gasteiger partial charge in [-0.15, -0.1) is 0 Å². The molecule has 0 aromatic carbocycles. The van der Waals surface area contributed by atoms with Gasteiger partial charge in [-0.1, -0.05) is 0 Å². The molecule has 0 saturated heterocycles. The molecule has 3 aliphatic carbocycles. The molecule has 3 rings (SSSR count). The minimum absolute atomic E-state index is 0.0998. The quantitative estimate of drug-likeness (QED) is 0.759. The Morgan fingerprint density at radius 1 is 1.19 bits per heavy atom. The molecule has 0 spiro atoms. The fourth-order valence-electron chi connectivity index (χ4n) is 2.68. The molecule has 3 aliphatic rings. The summed E-state index contributed by atoms with van der Waals surface area (Å²) in [7, 11) is 0. The van der Waals surface area contributed by atoms with Crippen LogP contribution in [0.2, 0.25) is 0 Å². The highest BCUT2D eigenvalue weighted by Gasteiger charge is 2.53. The first-order chi connectivity index (χ1) is 7.66. The largest absolute Gasteiger partial charge is 0.480 e. The van der Waals surface area contributed by atoms with Crippen LogP contribution in [0.1, 0.15) is 32.1 Å². The highest BCUT2D eigenvalue weighted by molar-refractivity contribution is 5.85. The lowest BCUT2D eigenvalue weighted by Crippen LogP contribution is -2.38. The molecule has 0 bridgehead atoms. The van der Waals surface area contributed by atoms with Gasteiger partial charge in [-0.05, 0) is 43.9 Å². The Kier molecular flexibility index (Phi) is 2.19. The molecule has 16 heavy (non-hydrogen) atoms. The molecule has 0 aromatic heterocycles. The number of carbonyl (C=O) groups excluding carboxylic acids is 1. The van der Waals surface area contributed by atoms with Gasteiger partial charge in [-0.25, -0.2) is 0 Å². The molecular formula is C12H17NO3. The fraction of sp³-hybridized carbons (Fsp3) is 0.833. The lowest BCUT2D eigenvalue weighted by atomic mass is 10.2. The number of nitrogens with zero attached hydrogens (tertiary/aromatic N) is 1. The molecule has 0 heterocycles. The number of carbonyl (C=O) groups is 2. The lowest BCUT2D eigenvalue weighted by molar-refractivity contribution is -0.145. The van der Waals surface area contributed by atoms with Gasteiger partial charge < -0.3 is 10.0 Å². The summed E-state index contributed by atoms with van der Waals surface area (Å²) in [5.41, 5.74) is 0. The van der Waals surface area contributed by atoms with Crippen LogP contribution in [0.25, 0.3) is 0 Å². The van der Waals surface area contributed by atoms with Crippen LogP contribution in [0, 0.1) is 17.8 Å². The van der Waals surface area contributed by atoms with Crippen molar-refractivity contribution in [2.75, 3.05) is 6.54 Å². The molecule has 3 fully saturated rings. The third-order valence-corrected chi connectivity index (χ3v) is 3.96. The Labute approximate surface area is 94.6 Å². The number of aliphatic carboxylic acids is 1. The molecule has 0 unspecified atom stereocenters. The molecule has 1 N–H and O–H groups in total. The Hall–Kier alpha value is -1.06. The lowest BCUT2D eigenvalue weighted by Gasteiger charge is -2.20. The molecule has 0 aromatic rings. The van der Waals surface area contributed by atoms with Crippen LogP contribution in [-0.2, 0) is 9.59 Å². The first-order valence-corrected chi connectivity index (χ1v) is 6.19. The Morgan fingerprint density at radius 2 is 1.88 bits per heavy atom. The van der Waals surface area contributed by atoms with E-state index in [1.807, 2.05) is 0 Å². The third kappa shape index (κ3) is 1.93. The number of amides is 1. The van der Waals surface area contributed by atoms with E-state index in [9.17, 15) is 9.59 Å². The van der Waals surface area contributed by atoms with Crippen LogP contribution in [0.4, 0.5) is 0 Å². The maximum absolute atomic E-state index is 12.1. The van der Waals surface area contributed by atoms with Gasteiger partial charge in [-0.2, -0.15) is 0 Å². The van der Waals surface area contributed by atoms with Crippen LogP contribution in [-0.4, -0.2) is 34.5 Å². The zero-order chi connectivity index (χ0) is 11.3. The van der Waals surface area contributed by atoms with Gasteiger partial charge in [0.05, 0.1) is 0 Å². The summed E-state index contributed by atoms with van der Waals surface area (Å²) in [4.78, 5) is 24.5. The van der Waals surface area contributed by atoms with Gasteiger partial charge in [0.15, 0.2) is 0 Å². The van der Waals surface area contributed by atoms with E-state index in [4.69, 9.17) is 5.11 Å². The summed E-state index contributed by atoms with van der Waals surface area (Å²) in [5, 5.41) is 8.81. The van der Waals surface area contributed by atoms with E-state index in [1.165, 1.54) is 12.8 Å². The van der Waals surface area contributed by atoms with Crippen LogP contribution in [0.15, 0.2) is 0 Å².